The molecule has 1 heterocycles. The Morgan fingerprint density at radius 2 is 1.76 bits per heavy atom. The van der Waals surface area contributed by atoms with Crippen LogP contribution in [0.25, 0.3) is 0 Å². The van der Waals surface area contributed by atoms with E-state index in [0.29, 0.717) is 4.88 Å². The predicted octanol–water partition coefficient (Wildman–Crippen LogP) is 4.64. The molecule has 1 saturated carbocycles. The topological polar surface area (TPSA) is 60.2 Å². The van der Waals surface area contributed by atoms with E-state index in [-0.39, 0.29) is 24.2 Å². The lowest BCUT2D eigenvalue weighted by Gasteiger charge is -2.32. The highest BCUT2D eigenvalue weighted by Crippen LogP contribution is 2.46. The van der Waals surface area contributed by atoms with Crippen LogP contribution in [-0.2, 0) is 11.0 Å². The minimum Gasteiger partial charge on any atom is -0.300 e. The SMILES string of the molecule is O=C1C[C@@H](c2cccs2)[C@@H]([N+](=O)[O-])[C@H](c2ccccc2C(F)(F)F)C1. The summed E-state index contributed by atoms with van der Waals surface area (Å²) in [5.41, 5.74) is -1.09. The molecule has 0 radical (unpaired) electrons. The van der Waals surface area contributed by atoms with E-state index < -0.39 is 34.5 Å². The van der Waals surface area contributed by atoms with E-state index in [4.69, 9.17) is 0 Å². The van der Waals surface area contributed by atoms with Gasteiger partial charge in [-0.1, -0.05) is 24.3 Å². The highest BCUT2D eigenvalue weighted by atomic mass is 32.1. The summed E-state index contributed by atoms with van der Waals surface area (Å²) in [5.74, 6) is -2.05. The number of hydrogen-bond donors (Lipinski definition) is 0. The first-order valence-corrected chi connectivity index (χ1v) is 8.51. The molecule has 1 fully saturated rings. The minimum atomic E-state index is -4.63. The largest absolute Gasteiger partial charge is 0.416 e. The number of rotatable bonds is 3. The summed E-state index contributed by atoms with van der Waals surface area (Å²) in [6.07, 6.45) is -4.89. The molecule has 0 aliphatic heterocycles. The Kier molecular flexibility index (Phi) is 4.64. The van der Waals surface area contributed by atoms with E-state index in [9.17, 15) is 28.1 Å². The number of halogens is 3. The van der Waals surface area contributed by atoms with Crippen LogP contribution in [0, 0.1) is 10.1 Å². The molecule has 132 valence electrons. The number of alkyl halides is 3. The molecule has 0 bridgehead atoms. The number of benzene rings is 1. The van der Waals surface area contributed by atoms with Crippen LogP contribution in [0.1, 0.15) is 40.7 Å². The van der Waals surface area contributed by atoms with Crippen LogP contribution in [0.15, 0.2) is 41.8 Å². The summed E-state index contributed by atoms with van der Waals surface area (Å²) < 4.78 is 40.0. The molecule has 1 aromatic heterocycles. The lowest BCUT2D eigenvalue weighted by Crippen LogP contribution is -2.40. The van der Waals surface area contributed by atoms with Gasteiger partial charge in [0.05, 0.1) is 17.4 Å². The third-order valence-electron chi connectivity index (χ3n) is 4.54. The highest BCUT2D eigenvalue weighted by molar-refractivity contribution is 7.10. The lowest BCUT2D eigenvalue weighted by molar-refractivity contribution is -0.532. The van der Waals surface area contributed by atoms with Crippen molar-refractivity contribution in [1.29, 1.82) is 0 Å². The molecule has 0 saturated heterocycles. The van der Waals surface area contributed by atoms with Crippen molar-refractivity contribution in [3.63, 3.8) is 0 Å². The maximum atomic E-state index is 13.3. The van der Waals surface area contributed by atoms with Crippen molar-refractivity contribution in [1.82, 2.24) is 0 Å². The first-order chi connectivity index (χ1) is 11.8. The second kappa shape index (κ2) is 6.59. The van der Waals surface area contributed by atoms with Gasteiger partial charge in [-0.2, -0.15) is 13.2 Å². The van der Waals surface area contributed by atoms with Crippen LogP contribution in [-0.4, -0.2) is 16.7 Å². The van der Waals surface area contributed by atoms with E-state index in [2.05, 4.69) is 0 Å². The molecule has 2 aromatic rings. The maximum Gasteiger partial charge on any atom is 0.416 e. The van der Waals surface area contributed by atoms with Gasteiger partial charge in [0.2, 0.25) is 6.04 Å². The van der Waals surface area contributed by atoms with Gasteiger partial charge in [-0.3, -0.25) is 14.9 Å². The van der Waals surface area contributed by atoms with Crippen LogP contribution >= 0.6 is 11.3 Å². The van der Waals surface area contributed by atoms with E-state index >= 15 is 0 Å². The van der Waals surface area contributed by atoms with E-state index in [0.717, 1.165) is 6.07 Å². The van der Waals surface area contributed by atoms with E-state index in [1.807, 2.05) is 0 Å². The number of ketones is 1. The van der Waals surface area contributed by atoms with Gasteiger partial charge in [0.15, 0.2) is 0 Å². The number of thiophene rings is 1. The van der Waals surface area contributed by atoms with Crippen LogP contribution in [0.4, 0.5) is 13.2 Å². The summed E-state index contributed by atoms with van der Waals surface area (Å²) in [6, 6.07) is 6.96. The smallest absolute Gasteiger partial charge is 0.300 e. The van der Waals surface area contributed by atoms with Gasteiger partial charge >= 0.3 is 6.18 Å². The number of hydrogen-bond acceptors (Lipinski definition) is 4. The Morgan fingerprint density at radius 3 is 2.36 bits per heavy atom. The summed E-state index contributed by atoms with van der Waals surface area (Å²) in [5, 5.41) is 13.5. The monoisotopic (exact) mass is 369 g/mol. The van der Waals surface area contributed by atoms with Gasteiger partial charge in [0, 0.05) is 22.6 Å². The number of Topliss-reactive ketones (excluding diaryl/α,β-unsaturated/α-hetero) is 1. The van der Waals surface area contributed by atoms with Crippen LogP contribution in [0.5, 0.6) is 0 Å². The summed E-state index contributed by atoms with van der Waals surface area (Å²) in [4.78, 5) is 24.0. The Morgan fingerprint density at radius 1 is 1.08 bits per heavy atom. The van der Waals surface area contributed by atoms with Crippen LogP contribution < -0.4 is 0 Å². The second-order valence-electron chi connectivity index (χ2n) is 6.04. The molecule has 0 unspecified atom stereocenters. The molecule has 25 heavy (non-hydrogen) atoms. The third kappa shape index (κ3) is 3.44. The molecule has 0 spiro atoms. The molecule has 4 nitrogen and oxygen atoms in total. The van der Waals surface area contributed by atoms with Crippen molar-refractivity contribution in [2.75, 3.05) is 0 Å². The maximum absolute atomic E-state index is 13.3. The van der Waals surface area contributed by atoms with Gasteiger partial charge in [-0.25, -0.2) is 0 Å². The fraction of sp³-hybridized carbons (Fsp3) is 0.353. The Bertz CT molecular complexity index is 789. The molecule has 0 amide bonds. The van der Waals surface area contributed by atoms with Gasteiger partial charge in [-0.05, 0) is 23.1 Å². The van der Waals surface area contributed by atoms with Crippen molar-refractivity contribution in [3.8, 4) is 0 Å². The van der Waals surface area contributed by atoms with Gasteiger partial charge in [-0.15, -0.1) is 11.3 Å². The average molecular weight is 369 g/mol. The fourth-order valence-corrected chi connectivity index (χ4v) is 4.40. The zero-order chi connectivity index (χ0) is 18.2. The highest BCUT2D eigenvalue weighted by Gasteiger charge is 2.49. The molecular weight excluding hydrogens is 355 g/mol. The summed E-state index contributed by atoms with van der Waals surface area (Å²) in [6.45, 7) is 0. The predicted molar refractivity (Wildman–Crippen MR) is 86.3 cm³/mol. The van der Waals surface area contributed by atoms with Crippen LogP contribution in [0.3, 0.4) is 0 Å². The zero-order valence-corrected chi connectivity index (χ0v) is 13.7. The van der Waals surface area contributed by atoms with Gasteiger partial charge < -0.3 is 0 Å². The van der Waals surface area contributed by atoms with E-state index in [1.165, 1.54) is 29.5 Å². The van der Waals surface area contributed by atoms with Crippen molar-refractivity contribution < 1.29 is 22.9 Å². The first kappa shape index (κ1) is 17.6. The number of nitro groups is 1. The Balaban J connectivity index is 2.11. The second-order valence-corrected chi connectivity index (χ2v) is 7.02. The molecular formula is C17H14F3NO3S. The quantitative estimate of drug-likeness (QED) is 0.585. The van der Waals surface area contributed by atoms with Gasteiger partial charge in [0.25, 0.3) is 0 Å². The van der Waals surface area contributed by atoms with Crippen molar-refractivity contribution >= 4 is 17.1 Å². The van der Waals surface area contributed by atoms with Crippen molar-refractivity contribution in [2.24, 2.45) is 0 Å². The average Bonchev–Trinajstić information content (AvgIpc) is 3.07. The molecule has 3 rings (SSSR count). The van der Waals surface area contributed by atoms with E-state index in [1.54, 1.807) is 17.5 Å². The Hall–Kier alpha value is -2.22. The Labute approximate surface area is 145 Å². The molecule has 0 N–H and O–H groups in total. The van der Waals surface area contributed by atoms with Crippen LogP contribution in [0.2, 0.25) is 0 Å². The zero-order valence-electron chi connectivity index (χ0n) is 12.9. The standard InChI is InChI=1S/C17H14F3NO3S/c18-17(19,20)14-5-2-1-4-11(14)12-8-10(22)9-13(16(12)21(23)24)15-6-3-7-25-15/h1-7,12-13,16H,8-9H2/t12-,13-,16-/m0/s1. The fourth-order valence-electron chi connectivity index (χ4n) is 3.53. The molecule has 1 aromatic carbocycles. The third-order valence-corrected chi connectivity index (χ3v) is 5.54. The number of nitrogens with zero attached hydrogens (tertiary/aromatic N) is 1. The van der Waals surface area contributed by atoms with Crippen molar-refractivity contribution in [3.05, 3.63) is 67.9 Å². The van der Waals surface area contributed by atoms with Gasteiger partial charge in [0.1, 0.15) is 5.78 Å². The number of carbonyl (C=O) groups is 1. The first-order valence-electron chi connectivity index (χ1n) is 7.63. The minimum absolute atomic E-state index is 0.0170. The number of carbonyl (C=O) groups excluding carboxylic acids is 1. The molecule has 8 heteroatoms. The molecule has 1 aliphatic carbocycles. The summed E-state index contributed by atoms with van der Waals surface area (Å²) in [7, 11) is 0. The normalized spacial score (nSPS) is 24.3. The molecule has 1 aliphatic rings. The summed E-state index contributed by atoms with van der Waals surface area (Å²) >= 11 is 1.28. The lowest BCUT2D eigenvalue weighted by atomic mass is 9.72. The molecule has 3 atom stereocenters. The van der Waals surface area contributed by atoms with Crippen molar-refractivity contribution in [2.45, 2.75) is 36.9 Å².